The largest absolute Gasteiger partial charge is 0.381 e. The zero-order valence-electron chi connectivity index (χ0n) is 9.69. The fraction of sp³-hybridized carbons (Fsp3) is 0.538. The van der Waals surface area contributed by atoms with Gasteiger partial charge in [0.2, 0.25) is 0 Å². The Bertz CT molecular complexity index is 317. The van der Waals surface area contributed by atoms with Crippen LogP contribution in [-0.2, 0) is 4.74 Å². The Labute approximate surface area is 102 Å². The molecule has 0 aliphatic carbocycles. The number of nitrogens with two attached hydrogens (primary N) is 1. The summed E-state index contributed by atoms with van der Waals surface area (Å²) in [7, 11) is 0. The molecule has 2 N–H and O–H groups in total. The highest BCUT2D eigenvalue weighted by molar-refractivity contribution is 8.00. The minimum absolute atomic E-state index is 0.127. The smallest absolute Gasteiger partial charge is 0.0476 e. The van der Waals surface area contributed by atoms with Gasteiger partial charge >= 0.3 is 0 Å². The van der Waals surface area contributed by atoms with Gasteiger partial charge in [0.1, 0.15) is 0 Å². The number of thioether (sulfide) groups is 1. The van der Waals surface area contributed by atoms with Gasteiger partial charge in [-0.2, -0.15) is 0 Å². The topological polar surface area (TPSA) is 35.2 Å². The summed E-state index contributed by atoms with van der Waals surface area (Å²) in [4.78, 5) is 1.34. The van der Waals surface area contributed by atoms with Crippen molar-refractivity contribution in [3.63, 3.8) is 0 Å². The number of rotatable bonds is 3. The molecule has 0 unspecified atom stereocenters. The van der Waals surface area contributed by atoms with E-state index in [9.17, 15) is 0 Å². The molecule has 1 saturated heterocycles. The van der Waals surface area contributed by atoms with Crippen LogP contribution in [0.1, 0.15) is 31.4 Å². The van der Waals surface area contributed by atoms with Crippen molar-refractivity contribution in [2.45, 2.75) is 36.0 Å². The molecule has 1 atom stereocenters. The molecule has 88 valence electrons. The van der Waals surface area contributed by atoms with E-state index in [-0.39, 0.29) is 6.04 Å². The summed E-state index contributed by atoms with van der Waals surface area (Å²) < 4.78 is 5.36. The molecule has 2 rings (SSSR count). The van der Waals surface area contributed by atoms with E-state index in [1.165, 1.54) is 23.3 Å². The summed E-state index contributed by atoms with van der Waals surface area (Å²) in [6.45, 7) is 3.84. The quantitative estimate of drug-likeness (QED) is 0.877. The molecule has 1 fully saturated rings. The van der Waals surface area contributed by atoms with Gasteiger partial charge in [0.05, 0.1) is 0 Å². The van der Waals surface area contributed by atoms with Crippen LogP contribution >= 0.6 is 11.8 Å². The molecule has 1 aliphatic rings. The van der Waals surface area contributed by atoms with Gasteiger partial charge in [-0.05, 0) is 37.5 Å². The van der Waals surface area contributed by atoms with Crippen LogP contribution < -0.4 is 5.73 Å². The molecule has 1 aromatic carbocycles. The molecule has 0 saturated carbocycles. The number of hydrogen-bond donors (Lipinski definition) is 1. The maximum Gasteiger partial charge on any atom is 0.0476 e. The molecule has 0 amide bonds. The summed E-state index contributed by atoms with van der Waals surface area (Å²) in [6.07, 6.45) is 2.33. The van der Waals surface area contributed by atoms with E-state index in [0.29, 0.717) is 0 Å². The predicted molar refractivity (Wildman–Crippen MR) is 68.7 cm³/mol. The van der Waals surface area contributed by atoms with Crippen LogP contribution in [0.3, 0.4) is 0 Å². The monoisotopic (exact) mass is 237 g/mol. The summed E-state index contributed by atoms with van der Waals surface area (Å²) >= 11 is 1.96. The maximum atomic E-state index is 5.82. The molecule has 0 bridgehead atoms. The van der Waals surface area contributed by atoms with Gasteiger partial charge in [-0.25, -0.2) is 0 Å². The molecule has 1 aromatic rings. The average molecular weight is 237 g/mol. The maximum absolute atomic E-state index is 5.82. The fourth-order valence-corrected chi connectivity index (χ4v) is 2.94. The van der Waals surface area contributed by atoms with Crippen molar-refractivity contribution < 1.29 is 4.74 Å². The average Bonchev–Trinajstić information content (AvgIpc) is 2.31. The molecule has 0 radical (unpaired) electrons. The van der Waals surface area contributed by atoms with Crippen molar-refractivity contribution in [2.24, 2.45) is 5.73 Å². The van der Waals surface area contributed by atoms with Crippen molar-refractivity contribution in [3.8, 4) is 0 Å². The van der Waals surface area contributed by atoms with Gasteiger partial charge in [0, 0.05) is 29.4 Å². The molecule has 1 heterocycles. The number of ether oxygens (including phenoxy) is 1. The van der Waals surface area contributed by atoms with Gasteiger partial charge in [-0.3, -0.25) is 0 Å². The highest BCUT2D eigenvalue weighted by Gasteiger charge is 2.14. The Balaban J connectivity index is 1.93. The minimum atomic E-state index is 0.127. The van der Waals surface area contributed by atoms with Crippen LogP contribution in [0.4, 0.5) is 0 Å². The first-order chi connectivity index (χ1) is 7.75. The summed E-state index contributed by atoms with van der Waals surface area (Å²) in [5.41, 5.74) is 7.03. The van der Waals surface area contributed by atoms with Gasteiger partial charge in [-0.1, -0.05) is 12.1 Å². The molecule has 0 spiro atoms. The summed E-state index contributed by atoms with van der Waals surface area (Å²) in [5.74, 6) is 0. The Morgan fingerprint density at radius 2 is 1.88 bits per heavy atom. The Morgan fingerprint density at radius 3 is 2.44 bits per heavy atom. The van der Waals surface area contributed by atoms with Gasteiger partial charge in [0.25, 0.3) is 0 Å². The molecule has 1 aliphatic heterocycles. The van der Waals surface area contributed by atoms with E-state index in [2.05, 4.69) is 24.3 Å². The van der Waals surface area contributed by atoms with Crippen molar-refractivity contribution in [3.05, 3.63) is 29.8 Å². The van der Waals surface area contributed by atoms with Gasteiger partial charge in [0.15, 0.2) is 0 Å². The second-order valence-corrected chi connectivity index (χ2v) is 5.66. The van der Waals surface area contributed by atoms with Crippen LogP contribution in [0.15, 0.2) is 29.2 Å². The first-order valence-electron chi connectivity index (χ1n) is 5.85. The van der Waals surface area contributed by atoms with Gasteiger partial charge < -0.3 is 10.5 Å². The lowest BCUT2D eigenvalue weighted by Crippen LogP contribution is -2.17. The third-order valence-electron chi connectivity index (χ3n) is 2.88. The van der Waals surface area contributed by atoms with Crippen LogP contribution in [0.2, 0.25) is 0 Å². The molecular formula is C13H19NOS. The van der Waals surface area contributed by atoms with E-state index in [0.717, 1.165) is 18.5 Å². The molecule has 2 nitrogen and oxygen atoms in total. The molecule has 3 heteroatoms. The zero-order valence-corrected chi connectivity index (χ0v) is 10.5. The number of hydrogen-bond acceptors (Lipinski definition) is 3. The number of benzene rings is 1. The van der Waals surface area contributed by atoms with Crippen LogP contribution in [0.25, 0.3) is 0 Å². The van der Waals surface area contributed by atoms with E-state index in [1.807, 2.05) is 18.7 Å². The lowest BCUT2D eigenvalue weighted by atomic mass is 10.1. The SMILES string of the molecule is C[C@H](N)c1ccc(SC2CCOCC2)cc1. The van der Waals surface area contributed by atoms with E-state index in [4.69, 9.17) is 10.5 Å². The van der Waals surface area contributed by atoms with Crippen molar-refractivity contribution in [2.75, 3.05) is 13.2 Å². The summed E-state index contributed by atoms with van der Waals surface area (Å²) in [6, 6.07) is 8.75. The Kier molecular flexibility index (Phi) is 4.27. The summed E-state index contributed by atoms with van der Waals surface area (Å²) in [5, 5.41) is 0.717. The predicted octanol–water partition coefficient (Wildman–Crippen LogP) is 2.98. The fourth-order valence-electron chi connectivity index (χ4n) is 1.84. The Hall–Kier alpha value is -0.510. The standard InChI is InChI=1S/C13H19NOS/c1-10(14)11-2-4-12(5-3-11)16-13-6-8-15-9-7-13/h2-5,10,13H,6-9,14H2,1H3/t10-/m0/s1. The van der Waals surface area contributed by atoms with E-state index >= 15 is 0 Å². The van der Waals surface area contributed by atoms with Crippen LogP contribution in [0.5, 0.6) is 0 Å². The first-order valence-corrected chi connectivity index (χ1v) is 6.73. The lowest BCUT2D eigenvalue weighted by Gasteiger charge is -2.21. The second-order valence-electron chi connectivity index (χ2n) is 4.29. The minimum Gasteiger partial charge on any atom is -0.381 e. The van der Waals surface area contributed by atoms with Crippen molar-refractivity contribution in [1.82, 2.24) is 0 Å². The molecule has 0 aromatic heterocycles. The third-order valence-corrected chi connectivity index (χ3v) is 4.23. The van der Waals surface area contributed by atoms with E-state index in [1.54, 1.807) is 0 Å². The van der Waals surface area contributed by atoms with Crippen molar-refractivity contribution in [1.29, 1.82) is 0 Å². The normalized spacial score (nSPS) is 19.6. The van der Waals surface area contributed by atoms with Crippen LogP contribution in [-0.4, -0.2) is 18.5 Å². The van der Waals surface area contributed by atoms with E-state index < -0.39 is 0 Å². The first kappa shape index (κ1) is 12.0. The van der Waals surface area contributed by atoms with Crippen LogP contribution in [0, 0.1) is 0 Å². The second kappa shape index (κ2) is 5.71. The third kappa shape index (κ3) is 3.24. The zero-order chi connectivity index (χ0) is 11.4. The van der Waals surface area contributed by atoms with Crippen molar-refractivity contribution >= 4 is 11.8 Å². The highest BCUT2D eigenvalue weighted by atomic mass is 32.2. The Morgan fingerprint density at radius 1 is 1.25 bits per heavy atom. The highest BCUT2D eigenvalue weighted by Crippen LogP contribution is 2.30. The lowest BCUT2D eigenvalue weighted by molar-refractivity contribution is 0.100. The molecule has 16 heavy (non-hydrogen) atoms. The van der Waals surface area contributed by atoms with Gasteiger partial charge in [-0.15, -0.1) is 11.8 Å². The molecular weight excluding hydrogens is 218 g/mol.